The molecule has 1 fully saturated rings. The highest BCUT2D eigenvalue weighted by molar-refractivity contribution is 5.25. The van der Waals surface area contributed by atoms with E-state index in [4.69, 9.17) is 0 Å². The largest absolute Gasteiger partial charge is 0.103 e. The van der Waals surface area contributed by atoms with Crippen molar-refractivity contribution in [2.45, 2.75) is 64.2 Å². The maximum Gasteiger partial charge on any atom is -0.0162 e. The molecule has 1 aromatic carbocycles. The molecule has 2 rings (SSSR count). The normalized spacial score (nSPS) is 23.2. The zero-order chi connectivity index (χ0) is 13.5. The van der Waals surface area contributed by atoms with Crippen LogP contribution in [0.4, 0.5) is 0 Å². The fourth-order valence-corrected chi connectivity index (χ4v) is 3.36. The van der Waals surface area contributed by atoms with Gasteiger partial charge in [0, 0.05) is 0 Å². The molecule has 0 unspecified atom stereocenters. The molecule has 0 aromatic heterocycles. The molecule has 0 saturated heterocycles. The standard InChI is InChI=1S/C19H28/c1-3-5-6-7-17-10-14-19(15-11-17)18-12-8-16(4-2)9-13-18/h3,8-9,12-13,17,19H,1,4-7,10-11,14-15H2,2H3. The van der Waals surface area contributed by atoms with Crippen LogP contribution in [0.3, 0.4) is 0 Å². The van der Waals surface area contributed by atoms with Gasteiger partial charge in [-0.15, -0.1) is 6.58 Å². The number of aryl methyl sites for hydroxylation is 1. The topological polar surface area (TPSA) is 0 Å². The average Bonchev–Trinajstić information content (AvgIpc) is 2.48. The van der Waals surface area contributed by atoms with E-state index in [9.17, 15) is 0 Å². The van der Waals surface area contributed by atoms with Gasteiger partial charge in [0.2, 0.25) is 0 Å². The third-order valence-electron chi connectivity index (χ3n) is 4.73. The Hall–Kier alpha value is -1.04. The van der Waals surface area contributed by atoms with E-state index in [1.165, 1.54) is 50.5 Å². The molecular weight excluding hydrogens is 228 g/mol. The van der Waals surface area contributed by atoms with Crippen molar-refractivity contribution >= 4 is 0 Å². The quantitative estimate of drug-likeness (QED) is 0.440. The molecule has 0 heterocycles. The van der Waals surface area contributed by atoms with E-state index in [2.05, 4.69) is 43.8 Å². The Bertz CT molecular complexity index is 366. The van der Waals surface area contributed by atoms with Crippen molar-refractivity contribution in [2.75, 3.05) is 0 Å². The van der Waals surface area contributed by atoms with Crippen molar-refractivity contribution < 1.29 is 0 Å². The fourth-order valence-electron chi connectivity index (χ4n) is 3.36. The molecule has 0 amide bonds. The number of hydrogen-bond donors (Lipinski definition) is 0. The van der Waals surface area contributed by atoms with E-state index >= 15 is 0 Å². The highest BCUT2D eigenvalue weighted by Crippen LogP contribution is 2.37. The minimum atomic E-state index is 0.821. The highest BCUT2D eigenvalue weighted by Gasteiger charge is 2.21. The zero-order valence-electron chi connectivity index (χ0n) is 12.4. The lowest BCUT2D eigenvalue weighted by Crippen LogP contribution is -2.13. The van der Waals surface area contributed by atoms with Crippen LogP contribution >= 0.6 is 0 Å². The summed E-state index contributed by atoms with van der Waals surface area (Å²) >= 11 is 0. The monoisotopic (exact) mass is 256 g/mol. The van der Waals surface area contributed by atoms with Gasteiger partial charge in [0.25, 0.3) is 0 Å². The summed E-state index contributed by atoms with van der Waals surface area (Å²) in [7, 11) is 0. The summed E-state index contributed by atoms with van der Waals surface area (Å²) in [5.74, 6) is 1.80. The van der Waals surface area contributed by atoms with Crippen LogP contribution in [0.2, 0.25) is 0 Å². The summed E-state index contributed by atoms with van der Waals surface area (Å²) in [5.41, 5.74) is 3.03. The van der Waals surface area contributed by atoms with Gasteiger partial charge in [-0.05, 0) is 67.9 Å². The lowest BCUT2D eigenvalue weighted by atomic mass is 9.77. The number of benzene rings is 1. The molecule has 0 heteroatoms. The second-order valence-electron chi connectivity index (χ2n) is 6.03. The van der Waals surface area contributed by atoms with Crippen molar-refractivity contribution in [3.63, 3.8) is 0 Å². The van der Waals surface area contributed by atoms with Crippen LogP contribution in [0.15, 0.2) is 36.9 Å². The Labute approximate surface area is 118 Å². The van der Waals surface area contributed by atoms with E-state index < -0.39 is 0 Å². The third-order valence-corrected chi connectivity index (χ3v) is 4.73. The molecule has 1 aromatic rings. The maximum atomic E-state index is 3.81. The van der Waals surface area contributed by atoms with E-state index in [1.807, 2.05) is 0 Å². The SMILES string of the molecule is C=CCCCC1CCC(c2ccc(CC)cc2)CC1. The smallest absolute Gasteiger partial charge is 0.0162 e. The second-order valence-corrected chi connectivity index (χ2v) is 6.03. The Balaban J connectivity index is 1.80. The van der Waals surface area contributed by atoms with Crippen LogP contribution in [-0.4, -0.2) is 0 Å². The first-order valence-corrected chi connectivity index (χ1v) is 8.03. The van der Waals surface area contributed by atoms with Gasteiger partial charge in [0.1, 0.15) is 0 Å². The van der Waals surface area contributed by atoms with Gasteiger partial charge >= 0.3 is 0 Å². The van der Waals surface area contributed by atoms with Crippen molar-refractivity contribution in [3.05, 3.63) is 48.0 Å². The Kier molecular flexibility index (Phi) is 5.69. The minimum Gasteiger partial charge on any atom is -0.103 e. The predicted octanol–water partition coefficient (Wildman–Crippen LogP) is 5.88. The van der Waals surface area contributed by atoms with Crippen molar-refractivity contribution in [1.29, 1.82) is 0 Å². The van der Waals surface area contributed by atoms with Crippen LogP contribution in [0.5, 0.6) is 0 Å². The fraction of sp³-hybridized carbons (Fsp3) is 0.579. The highest BCUT2D eigenvalue weighted by atomic mass is 14.3. The molecule has 0 aliphatic heterocycles. The van der Waals surface area contributed by atoms with Crippen molar-refractivity contribution in [2.24, 2.45) is 5.92 Å². The Morgan fingerprint density at radius 2 is 1.79 bits per heavy atom. The van der Waals surface area contributed by atoms with Crippen molar-refractivity contribution in [3.8, 4) is 0 Å². The molecule has 0 spiro atoms. The van der Waals surface area contributed by atoms with Crippen LogP contribution in [0, 0.1) is 5.92 Å². The number of hydrogen-bond acceptors (Lipinski definition) is 0. The van der Waals surface area contributed by atoms with Crippen LogP contribution in [-0.2, 0) is 6.42 Å². The minimum absolute atomic E-state index is 0.821. The summed E-state index contributed by atoms with van der Waals surface area (Å²) < 4.78 is 0. The zero-order valence-corrected chi connectivity index (χ0v) is 12.4. The summed E-state index contributed by atoms with van der Waals surface area (Å²) in [5, 5.41) is 0. The summed E-state index contributed by atoms with van der Waals surface area (Å²) in [6.45, 7) is 6.03. The third kappa shape index (κ3) is 4.23. The molecule has 1 aliphatic rings. The van der Waals surface area contributed by atoms with Crippen LogP contribution < -0.4 is 0 Å². The van der Waals surface area contributed by atoms with Gasteiger partial charge in [-0.1, -0.05) is 43.7 Å². The molecule has 104 valence electrons. The van der Waals surface area contributed by atoms with E-state index in [0.29, 0.717) is 0 Å². The van der Waals surface area contributed by atoms with Gasteiger partial charge in [-0.3, -0.25) is 0 Å². The first kappa shape index (κ1) is 14.4. The van der Waals surface area contributed by atoms with Gasteiger partial charge in [0.15, 0.2) is 0 Å². The van der Waals surface area contributed by atoms with Gasteiger partial charge < -0.3 is 0 Å². The molecule has 1 aliphatic carbocycles. The maximum absolute atomic E-state index is 3.81. The number of unbranched alkanes of at least 4 members (excludes halogenated alkanes) is 1. The molecular formula is C19H28. The lowest BCUT2D eigenvalue weighted by molar-refractivity contribution is 0.305. The Morgan fingerprint density at radius 3 is 2.37 bits per heavy atom. The summed E-state index contributed by atoms with van der Waals surface area (Å²) in [6, 6.07) is 9.35. The molecule has 0 radical (unpaired) electrons. The van der Waals surface area contributed by atoms with Gasteiger partial charge in [-0.2, -0.15) is 0 Å². The van der Waals surface area contributed by atoms with Crippen LogP contribution in [0.1, 0.15) is 68.9 Å². The summed E-state index contributed by atoms with van der Waals surface area (Å²) in [4.78, 5) is 0. The van der Waals surface area contributed by atoms with Crippen molar-refractivity contribution in [1.82, 2.24) is 0 Å². The first-order valence-electron chi connectivity index (χ1n) is 8.03. The second kappa shape index (κ2) is 7.53. The molecule has 0 N–H and O–H groups in total. The van der Waals surface area contributed by atoms with E-state index in [0.717, 1.165) is 18.3 Å². The van der Waals surface area contributed by atoms with Gasteiger partial charge in [0.05, 0.1) is 0 Å². The predicted molar refractivity (Wildman–Crippen MR) is 84.6 cm³/mol. The molecule has 0 atom stereocenters. The number of allylic oxidation sites excluding steroid dienone is 1. The summed E-state index contributed by atoms with van der Waals surface area (Å²) in [6.07, 6.45) is 12.8. The molecule has 1 saturated carbocycles. The lowest BCUT2D eigenvalue weighted by Gasteiger charge is -2.29. The Morgan fingerprint density at radius 1 is 1.11 bits per heavy atom. The van der Waals surface area contributed by atoms with E-state index in [1.54, 1.807) is 5.56 Å². The van der Waals surface area contributed by atoms with E-state index in [-0.39, 0.29) is 0 Å². The molecule has 0 bridgehead atoms. The molecule has 0 nitrogen and oxygen atoms in total. The van der Waals surface area contributed by atoms with Crippen LogP contribution in [0.25, 0.3) is 0 Å². The van der Waals surface area contributed by atoms with Gasteiger partial charge in [-0.25, -0.2) is 0 Å². The number of rotatable bonds is 6. The molecule has 19 heavy (non-hydrogen) atoms. The first-order chi connectivity index (χ1) is 9.33. The average molecular weight is 256 g/mol.